The number of hydrogen-bond donors (Lipinski definition) is 2. The largest absolute Gasteiger partial charge is 0.391 e. The number of ether oxygens (including phenoxy) is 1. The Morgan fingerprint density at radius 3 is 2.37 bits per heavy atom. The number of nitrogens with two attached hydrogens (primary N) is 1. The first-order valence-corrected chi connectivity index (χ1v) is 11.7. The van der Waals surface area contributed by atoms with Gasteiger partial charge in [-0.2, -0.15) is 11.8 Å². The fourth-order valence-corrected chi connectivity index (χ4v) is 4.49. The molecular formula is C24H30N2O3S. The smallest absolute Gasteiger partial charge is 0.331 e. The summed E-state index contributed by atoms with van der Waals surface area (Å²) in [7, 11) is 0. The zero-order valence-corrected chi connectivity index (χ0v) is 18.0. The zero-order valence-electron chi connectivity index (χ0n) is 17.2. The molecule has 1 saturated carbocycles. The Kier molecular flexibility index (Phi) is 8.93. The van der Waals surface area contributed by atoms with Crippen molar-refractivity contribution in [3.8, 4) is 11.1 Å². The summed E-state index contributed by atoms with van der Waals surface area (Å²) in [6.07, 6.45) is 5.77. The number of esters is 2. The molecule has 3 rings (SSSR count). The van der Waals surface area contributed by atoms with Crippen LogP contribution in [0.2, 0.25) is 0 Å². The molecule has 0 bridgehead atoms. The lowest BCUT2D eigenvalue weighted by atomic mass is 9.96. The molecule has 0 unspecified atom stereocenters. The molecule has 2 aromatic rings. The molecule has 0 aliphatic heterocycles. The molecular weight excluding hydrogens is 396 g/mol. The quantitative estimate of drug-likeness (QED) is 0.467. The van der Waals surface area contributed by atoms with Crippen molar-refractivity contribution in [2.45, 2.75) is 49.9 Å². The SMILES string of the molecule is N[C@@H](CSCc1ccc(-c2ccccc2)cc1)C(=O)OC(=O)CNC1CCCCC1. The van der Waals surface area contributed by atoms with Crippen LogP contribution in [0, 0.1) is 0 Å². The summed E-state index contributed by atoms with van der Waals surface area (Å²) in [5, 5.41) is 3.17. The van der Waals surface area contributed by atoms with E-state index in [1.54, 1.807) is 11.8 Å². The minimum atomic E-state index is -0.808. The molecule has 0 saturated heterocycles. The monoisotopic (exact) mass is 426 g/mol. The molecule has 0 radical (unpaired) electrons. The van der Waals surface area contributed by atoms with Gasteiger partial charge in [0.25, 0.3) is 0 Å². The molecule has 0 heterocycles. The van der Waals surface area contributed by atoms with Gasteiger partial charge in [-0.1, -0.05) is 73.9 Å². The second kappa shape index (κ2) is 11.9. The molecule has 1 aliphatic rings. The van der Waals surface area contributed by atoms with Crippen LogP contribution in [0.15, 0.2) is 54.6 Å². The standard InChI is InChI=1S/C24H30N2O3S/c25-22(24(28)29-23(27)15-26-21-9-5-2-6-10-21)17-30-16-18-11-13-20(14-12-18)19-7-3-1-4-8-19/h1,3-4,7-8,11-14,21-22,26H,2,5-6,9-10,15-17,25H2/t22-/m0/s1. The van der Waals surface area contributed by atoms with Gasteiger partial charge in [0.2, 0.25) is 0 Å². The summed E-state index contributed by atoms with van der Waals surface area (Å²) < 4.78 is 4.89. The molecule has 1 fully saturated rings. The van der Waals surface area contributed by atoms with Gasteiger partial charge in [0, 0.05) is 17.5 Å². The average molecular weight is 427 g/mol. The Labute approximate surface area is 182 Å². The van der Waals surface area contributed by atoms with Gasteiger partial charge in [0.1, 0.15) is 6.04 Å². The van der Waals surface area contributed by atoms with Gasteiger partial charge in [-0.05, 0) is 29.5 Å². The summed E-state index contributed by atoms with van der Waals surface area (Å²) in [6, 6.07) is 18.1. The summed E-state index contributed by atoms with van der Waals surface area (Å²) in [6.45, 7) is 0.0596. The van der Waals surface area contributed by atoms with Crippen LogP contribution in [-0.4, -0.2) is 36.3 Å². The molecule has 30 heavy (non-hydrogen) atoms. The molecule has 0 aromatic heterocycles. The normalized spacial score (nSPS) is 15.5. The van der Waals surface area contributed by atoms with Gasteiger partial charge in [0.05, 0.1) is 6.54 Å². The van der Waals surface area contributed by atoms with Crippen LogP contribution in [0.4, 0.5) is 0 Å². The molecule has 160 valence electrons. The Balaban J connectivity index is 1.34. The number of benzene rings is 2. The molecule has 5 nitrogen and oxygen atoms in total. The lowest BCUT2D eigenvalue weighted by Crippen LogP contribution is -2.40. The van der Waals surface area contributed by atoms with Crippen LogP contribution >= 0.6 is 11.8 Å². The first-order chi connectivity index (χ1) is 14.6. The minimum absolute atomic E-state index is 0.0596. The third kappa shape index (κ3) is 7.27. The van der Waals surface area contributed by atoms with Crippen molar-refractivity contribution in [3.05, 3.63) is 60.2 Å². The summed E-state index contributed by atoms with van der Waals surface area (Å²) in [5.74, 6) is -0.0598. The van der Waals surface area contributed by atoms with Gasteiger partial charge in [0.15, 0.2) is 0 Å². The van der Waals surface area contributed by atoms with E-state index in [4.69, 9.17) is 10.5 Å². The van der Waals surface area contributed by atoms with Crippen LogP contribution < -0.4 is 11.1 Å². The van der Waals surface area contributed by atoms with Gasteiger partial charge in [-0.25, -0.2) is 4.79 Å². The van der Waals surface area contributed by atoms with Crippen LogP contribution in [0.1, 0.15) is 37.7 Å². The maximum Gasteiger partial charge on any atom is 0.331 e. The van der Waals surface area contributed by atoms with Crippen molar-refractivity contribution in [3.63, 3.8) is 0 Å². The molecule has 2 aromatic carbocycles. The van der Waals surface area contributed by atoms with Crippen LogP contribution in [0.3, 0.4) is 0 Å². The Morgan fingerprint density at radius 1 is 1.00 bits per heavy atom. The first-order valence-electron chi connectivity index (χ1n) is 10.6. The van der Waals surface area contributed by atoms with Crippen molar-refractivity contribution in [1.82, 2.24) is 5.32 Å². The lowest BCUT2D eigenvalue weighted by molar-refractivity contribution is -0.159. The second-order valence-electron chi connectivity index (χ2n) is 7.69. The molecule has 1 aliphatic carbocycles. The van der Waals surface area contributed by atoms with E-state index in [2.05, 4.69) is 41.7 Å². The second-order valence-corrected chi connectivity index (χ2v) is 8.72. The van der Waals surface area contributed by atoms with E-state index in [1.807, 2.05) is 18.2 Å². The van der Waals surface area contributed by atoms with E-state index in [-0.39, 0.29) is 6.54 Å². The molecule has 0 spiro atoms. The maximum absolute atomic E-state index is 12.0. The van der Waals surface area contributed by atoms with E-state index in [9.17, 15) is 9.59 Å². The number of carbonyl (C=O) groups excluding carboxylic acids is 2. The summed E-state index contributed by atoms with van der Waals surface area (Å²) in [5.41, 5.74) is 9.42. The Hall–Kier alpha value is -2.15. The number of rotatable bonds is 9. The Morgan fingerprint density at radius 2 is 1.67 bits per heavy atom. The summed E-state index contributed by atoms with van der Waals surface area (Å²) >= 11 is 1.55. The van der Waals surface area contributed by atoms with Crippen LogP contribution in [-0.2, 0) is 20.1 Å². The fourth-order valence-electron chi connectivity index (χ4n) is 3.55. The number of thioether (sulfide) groups is 1. The number of carbonyl (C=O) groups is 2. The molecule has 6 heteroatoms. The highest BCUT2D eigenvalue weighted by Crippen LogP contribution is 2.21. The van der Waals surface area contributed by atoms with Gasteiger partial charge in [-0.3, -0.25) is 4.79 Å². The van der Waals surface area contributed by atoms with Crippen molar-refractivity contribution in [2.24, 2.45) is 5.73 Å². The molecule has 0 amide bonds. The maximum atomic E-state index is 12.0. The highest BCUT2D eigenvalue weighted by atomic mass is 32.2. The van der Waals surface area contributed by atoms with Crippen molar-refractivity contribution in [1.29, 1.82) is 0 Å². The fraction of sp³-hybridized carbons (Fsp3) is 0.417. The third-order valence-electron chi connectivity index (χ3n) is 5.28. The number of nitrogens with one attached hydrogen (secondary N) is 1. The molecule has 3 N–H and O–H groups in total. The number of hydrogen-bond acceptors (Lipinski definition) is 6. The van der Waals surface area contributed by atoms with Gasteiger partial charge in [-0.15, -0.1) is 0 Å². The van der Waals surface area contributed by atoms with Crippen LogP contribution in [0.5, 0.6) is 0 Å². The van der Waals surface area contributed by atoms with Crippen LogP contribution in [0.25, 0.3) is 11.1 Å². The topological polar surface area (TPSA) is 81.4 Å². The van der Waals surface area contributed by atoms with E-state index < -0.39 is 18.0 Å². The third-order valence-corrected chi connectivity index (χ3v) is 6.42. The summed E-state index contributed by atoms with van der Waals surface area (Å²) in [4.78, 5) is 23.9. The zero-order chi connectivity index (χ0) is 21.2. The predicted molar refractivity (Wildman–Crippen MR) is 122 cm³/mol. The lowest BCUT2D eigenvalue weighted by Gasteiger charge is -2.22. The minimum Gasteiger partial charge on any atom is -0.391 e. The highest BCUT2D eigenvalue weighted by Gasteiger charge is 2.20. The van der Waals surface area contributed by atoms with Crippen molar-refractivity contribution < 1.29 is 14.3 Å². The highest BCUT2D eigenvalue weighted by molar-refractivity contribution is 7.98. The van der Waals surface area contributed by atoms with Crippen molar-refractivity contribution >= 4 is 23.7 Å². The van der Waals surface area contributed by atoms with Gasteiger partial charge < -0.3 is 15.8 Å². The van der Waals surface area contributed by atoms with Gasteiger partial charge >= 0.3 is 11.9 Å². The predicted octanol–water partition coefficient (Wildman–Crippen LogP) is 3.91. The van der Waals surface area contributed by atoms with E-state index in [1.165, 1.54) is 30.4 Å². The average Bonchev–Trinajstić information content (AvgIpc) is 2.79. The first kappa shape index (κ1) is 22.5. The molecule has 1 atom stereocenters. The Bertz CT molecular complexity index is 805. The van der Waals surface area contributed by atoms with E-state index >= 15 is 0 Å². The van der Waals surface area contributed by atoms with Crippen molar-refractivity contribution in [2.75, 3.05) is 12.3 Å². The van der Waals surface area contributed by atoms with E-state index in [0.29, 0.717) is 11.8 Å². The van der Waals surface area contributed by atoms with E-state index in [0.717, 1.165) is 24.2 Å².